The van der Waals surface area contributed by atoms with Gasteiger partial charge in [0.1, 0.15) is 0 Å². The second kappa shape index (κ2) is 5.77. The number of anilines is 1. The van der Waals surface area contributed by atoms with Crippen molar-refractivity contribution in [2.75, 3.05) is 18.0 Å². The van der Waals surface area contributed by atoms with Crippen molar-refractivity contribution < 1.29 is 0 Å². The molecule has 0 aliphatic carbocycles. The van der Waals surface area contributed by atoms with E-state index in [0.29, 0.717) is 17.5 Å². The van der Waals surface area contributed by atoms with Gasteiger partial charge in [-0.1, -0.05) is 39.8 Å². The van der Waals surface area contributed by atoms with E-state index < -0.39 is 0 Å². The molecule has 112 valence electrons. The highest BCUT2D eigenvalue weighted by Crippen LogP contribution is 2.30. The summed E-state index contributed by atoms with van der Waals surface area (Å²) in [5, 5.41) is 3.75. The molecule has 2 nitrogen and oxygen atoms in total. The Hall–Kier alpha value is -1.02. The maximum Gasteiger partial charge on any atom is 0.0412 e. The molecule has 20 heavy (non-hydrogen) atoms. The van der Waals surface area contributed by atoms with Crippen molar-refractivity contribution in [3.05, 3.63) is 29.3 Å². The molecular formula is C18H30N2. The van der Waals surface area contributed by atoms with E-state index in [2.05, 4.69) is 70.0 Å². The van der Waals surface area contributed by atoms with E-state index in [0.717, 1.165) is 13.1 Å². The molecule has 2 heteroatoms. The lowest BCUT2D eigenvalue weighted by Gasteiger charge is -2.46. The van der Waals surface area contributed by atoms with Crippen LogP contribution in [0.4, 0.5) is 5.69 Å². The van der Waals surface area contributed by atoms with Crippen LogP contribution in [0.5, 0.6) is 0 Å². The molecule has 1 aliphatic rings. The first-order chi connectivity index (χ1) is 9.34. The van der Waals surface area contributed by atoms with Gasteiger partial charge in [-0.15, -0.1) is 0 Å². The van der Waals surface area contributed by atoms with Gasteiger partial charge in [0, 0.05) is 30.9 Å². The van der Waals surface area contributed by atoms with E-state index in [4.69, 9.17) is 0 Å². The summed E-state index contributed by atoms with van der Waals surface area (Å²) in [6.45, 7) is 15.9. The van der Waals surface area contributed by atoms with Crippen LogP contribution in [-0.2, 0) is 0 Å². The summed E-state index contributed by atoms with van der Waals surface area (Å²) >= 11 is 0. The predicted octanol–water partition coefficient (Wildman–Crippen LogP) is 3.91. The van der Waals surface area contributed by atoms with Crippen LogP contribution in [0.3, 0.4) is 0 Å². The first-order valence-electron chi connectivity index (χ1n) is 7.90. The van der Waals surface area contributed by atoms with E-state index in [1.807, 2.05) is 0 Å². The third-order valence-electron chi connectivity index (χ3n) is 4.82. The van der Waals surface area contributed by atoms with Gasteiger partial charge in [0.25, 0.3) is 0 Å². The molecule has 0 aromatic heterocycles. The molecule has 0 radical (unpaired) electrons. The van der Waals surface area contributed by atoms with Crippen molar-refractivity contribution in [3.8, 4) is 0 Å². The third kappa shape index (κ3) is 3.01. The first-order valence-corrected chi connectivity index (χ1v) is 7.90. The highest BCUT2D eigenvalue weighted by atomic mass is 15.2. The van der Waals surface area contributed by atoms with E-state index in [9.17, 15) is 0 Å². The van der Waals surface area contributed by atoms with Crippen LogP contribution < -0.4 is 10.2 Å². The van der Waals surface area contributed by atoms with Gasteiger partial charge in [-0.05, 0) is 42.9 Å². The van der Waals surface area contributed by atoms with Gasteiger partial charge in [-0.3, -0.25) is 0 Å². The lowest BCUT2D eigenvalue weighted by atomic mass is 9.84. The fourth-order valence-corrected chi connectivity index (χ4v) is 3.09. The van der Waals surface area contributed by atoms with Gasteiger partial charge in [0.2, 0.25) is 0 Å². The molecule has 0 bridgehead atoms. The second-order valence-electron chi connectivity index (χ2n) is 7.26. The zero-order valence-corrected chi connectivity index (χ0v) is 14.0. The topological polar surface area (TPSA) is 15.3 Å². The Morgan fingerprint density at radius 1 is 1.25 bits per heavy atom. The summed E-state index contributed by atoms with van der Waals surface area (Å²) in [6, 6.07) is 7.84. The molecule has 2 unspecified atom stereocenters. The summed E-state index contributed by atoms with van der Waals surface area (Å²) in [7, 11) is 0. The average molecular weight is 274 g/mol. The Morgan fingerprint density at radius 2 is 1.95 bits per heavy atom. The number of hydrogen-bond donors (Lipinski definition) is 1. The molecule has 2 rings (SSSR count). The smallest absolute Gasteiger partial charge is 0.0412 e. The third-order valence-corrected chi connectivity index (χ3v) is 4.82. The number of aryl methyl sites for hydroxylation is 1. The molecule has 1 aromatic rings. The summed E-state index contributed by atoms with van der Waals surface area (Å²) in [6.07, 6.45) is 1.19. The highest BCUT2D eigenvalue weighted by Gasteiger charge is 2.33. The monoisotopic (exact) mass is 274 g/mol. The van der Waals surface area contributed by atoms with Crippen molar-refractivity contribution >= 4 is 5.69 Å². The number of benzene rings is 1. The minimum absolute atomic E-state index is 0.300. The molecule has 1 N–H and O–H groups in total. The molecule has 1 saturated heterocycles. The predicted molar refractivity (Wildman–Crippen MR) is 88.6 cm³/mol. The van der Waals surface area contributed by atoms with Crippen molar-refractivity contribution in [3.63, 3.8) is 0 Å². The SMILES string of the molecule is CCC1CNC(C(C)(C)C)CN1c1cccc(C)c1C. The summed E-state index contributed by atoms with van der Waals surface area (Å²) in [5.41, 5.74) is 4.55. The van der Waals surface area contributed by atoms with Crippen LogP contribution in [0.15, 0.2) is 18.2 Å². The molecule has 1 aliphatic heterocycles. The van der Waals surface area contributed by atoms with Gasteiger partial charge in [0.05, 0.1) is 0 Å². The Balaban J connectivity index is 2.32. The van der Waals surface area contributed by atoms with E-state index in [1.165, 1.54) is 23.2 Å². The number of nitrogens with one attached hydrogen (secondary N) is 1. The van der Waals surface area contributed by atoms with Crippen LogP contribution in [0.25, 0.3) is 0 Å². The number of rotatable bonds is 2. The highest BCUT2D eigenvalue weighted by molar-refractivity contribution is 5.57. The Labute approximate surface area is 124 Å². The standard InChI is InChI=1S/C18H30N2/c1-7-15-11-19-17(18(4,5)6)12-20(15)16-10-8-9-13(2)14(16)3/h8-10,15,17,19H,7,11-12H2,1-6H3. The van der Waals surface area contributed by atoms with Gasteiger partial charge < -0.3 is 10.2 Å². The van der Waals surface area contributed by atoms with Gasteiger partial charge in [-0.2, -0.15) is 0 Å². The van der Waals surface area contributed by atoms with Crippen molar-refractivity contribution in [1.29, 1.82) is 0 Å². The largest absolute Gasteiger partial charge is 0.365 e. The van der Waals surface area contributed by atoms with Crippen LogP contribution in [-0.4, -0.2) is 25.2 Å². The van der Waals surface area contributed by atoms with Crippen molar-refractivity contribution in [2.24, 2.45) is 5.41 Å². The normalized spacial score (nSPS) is 24.0. The summed E-state index contributed by atoms with van der Waals surface area (Å²) < 4.78 is 0. The van der Waals surface area contributed by atoms with Crippen molar-refractivity contribution in [2.45, 2.75) is 60.0 Å². The van der Waals surface area contributed by atoms with E-state index in [1.54, 1.807) is 0 Å². The quantitative estimate of drug-likeness (QED) is 0.879. The number of nitrogens with zero attached hydrogens (tertiary/aromatic N) is 1. The lowest BCUT2D eigenvalue weighted by molar-refractivity contribution is 0.233. The number of piperazine rings is 1. The minimum atomic E-state index is 0.300. The first kappa shape index (κ1) is 15.4. The molecule has 0 amide bonds. The Morgan fingerprint density at radius 3 is 2.55 bits per heavy atom. The van der Waals surface area contributed by atoms with Crippen LogP contribution in [0.1, 0.15) is 45.2 Å². The minimum Gasteiger partial charge on any atom is -0.365 e. The van der Waals surface area contributed by atoms with Crippen LogP contribution >= 0.6 is 0 Å². The number of hydrogen-bond acceptors (Lipinski definition) is 2. The molecule has 0 saturated carbocycles. The molecule has 1 heterocycles. The average Bonchev–Trinajstić information content (AvgIpc) is 2.40. The fourth-order valence-electron chi connectivity index (χ4n) is 3.09. The van der Waals surface area contributed by atoms with Gasteiger partial charge in [-0.25, -0.2) is 0 Å². The maximum atomic E-state index is 3.75. The van der Waals surface area contributed by atoms with Gasteiger partial charge >= 0.3 is 0 Å². The van der Waals surface area contributed by atoms with E-state index in [-0.39, 0.29) is 0 Å². The van der Waals surface area contributed by atoms with Crippen molar-refractivity contribution in [1.82, 2.24) is 5.32 Å². The zero-order valence-electron chi connectivity index (χ0n) is 14.0. The van der Waals surface area contributed by atoms with Gasteiger partial charge in [0.15, 0.2) is 0 Å². The van der Waals surface area contributed by atoms with E-state index >= 15 is 0 Å². The molecule has 0 spiro atoms. The summed E-state index contributed by atoms with van der Waals surface area (Å²) in [5.74, 6) is 0. The molecule has 1 fully saturated rings. The Bertz CT molecular complexity index is 459. The van der Waals surface area contributed by atoms with Crippen LogP contribution in [0.2, 0.25) is 0 Å². The second-order valence-corrected chi connectivity index (χ2v) is 7.26. The fraction of sp³-hybridized carbons (Fsp3) is 0.667. The molecule has 1 aromatic carbocycles. The molecule has 2 atom stereocenters. The van der Waals surface area contributed by atoms with Crippen LogP contribution in [0, 0.1) is 19.3 Å². The summed E-state index contributed by atoms with van der Waals surface area (Å²) in [4.78, 5) is 2.63. The molecular weight excluding hydrogens is 244 g/mol. The Kier molecular flexibility index (Phi) is 4.43. The maximum absolute atomic E-state index is 3.75. The lowest BCUT2D eigenvalue weighted by Crippen LogP contribution is -2.60. The zero-order chi connectivity index (χ0) is 14.9.